The van der Waals surface area contributed by atoms with Gasteiger partial charge in [0.2, 0.25) is 0 Å². The van der Waals surface area contributed by atoms with Gasteiger partial charge in [-0.15, -0.1) is 0 Å². The molecule has 26 heavy (non-hydrogen) atoms. The Morgan fingerprint density at radius 2 is 2.04 bits per heavy atom. The van der Waals surface area contributed by atoms with Crippen LogP contribution in [0.3, 0.4) is 0 Å². The van der Waals surface area contributed by atoms with Gasteiger partial charge >= 0.3 is 6.18 Å². The number of aryl methyl sites for hydroxylation is 1. The van der Waals surface area contributed by atoms with E-state index < -0.39 is 12.7 Å². The molecule has 0 radical (unpaired) electrons. The highest BCUT2D eigenvalue weighted by atomic mass is 19.4. The number of rotatable bonds is 5. The van der Waals surface area contributed by atoms with E-state index in [1.54, 1.807) is 19.4 Å². The van der Waals surface area contributed by atoms with E-state index in [1.165, 1.54) is 17.0 Å². The first-order chi connectivity index (χ1) is 12.3. The first-order valence-electron chi connectivity index (χ1n) is 8.40. The summed E-state index contributed by atoms with van der Waals surface area (Å²) in [4.78, 5) is 22.3. The first kappa shape index (κ1) is 18.4. The van der Waals surface area contributed by atoms with Crippen molar-refractivity contribution < 1.29 is 13.2 Å². The van der Waals surface area contributed by atoms with Gasteiger partial charge in [-0.05, 0) is 12.8 Å². The maximum atomic E-state index is 12.6. The van der Waals surface area contributed by atoms with Crippen LogP contribution >= 0.6 is 0 Å². The van der Waals surface area contributed by atoms with Crippen LogP contribution in [0.1, 0.15) is 18.7 Å². The molecule has 3 rings (SSSR count). The fourth-order valence-corrected chi connectivity index (χ4v) is 3.12. The zero-order valence-corrected chi connectivity index (χ0v) is 14.4. The van der Waals surface area contributed by atoms with Gasteiger partial charge in [0, 0.05) is 51.0 Å². The average Bonchev–Trinajstić information content (AvgIpc) is 3.01. The number of anilines is 1. The minimum Gasteiger partial charge on any atom is -0.350 e. The Labute approximate surface area is 148 Å². The molecule has 0 unspecified atom stereocenters. The monoisotopic (exact) mass is 370 g/mol. The molecule has 7 nitrogen and oxygen atoms in total. The number of imidazole rings is 1. The fourth-order valence-electron chi connectivity index (χ4n) is 3.12. The molecule has 0 bridgehead atoms. The quantitative estimate of drug-likeness (QED) is 0.859. The summed E-state index contributed by atoms with van der Waals surface area (Å²) < 4.78 is 40.3. The SMILES string of the molecule is Cn1ccnc(N2CCC[C@@H](NCc3nccn3CC(F)(F)F)C2)c1=O. The van der Waals surface area contributed by atoms with E-state index in [-0.39, 0.29) is 18.1 Å². The normalized spacial score (nSPS) is 18.3. The number of nitrogens with one attached hydrogen (secondary N) is 1. The number of hydrogen-bond acceptors (Lipinski definition) is 5. The average molecular weight is 370 g/mol. The Bertz CT molecular complexity index is 800. The molecule has 1 aliphatic rings. The van der Waals surface area contributed by atoms with Gasteiger partial charge < -0.3 is 19.4 Å². The van der Waals surface area contributed by atoms with Crippen LogP contribution in [0, 0.1) is 0 Å². The van der Waals surface area contributed by atoms with Gasteiger partial charge in [0.15, 0.2) is 5.82 Å². The Balaban J connectivity index is 1.62. The van der Waals surface area contributed by atoms with Crippen LogP contribution in [0.15, 0.2) is 29.6 Å². The van der Waals surface area contributed by atoms with Crippen molar-refractivity contribution in [2.75, 3.05) is 18.0 Å². The van der Waals surface area contributed by atoms with Crippen LogP contribution in [0.2, 0.25) is 0 Å². The van der Waals surface area contributed by atoms with E-state index in [9.17, 15) is 18.0 Å². The lowest BCUT2D eigenvalue weighted by atomic mass is 10.1. The van der Waals surface area contributed by atoms with Gasteiger partial charge in [-0.25, -0.2) is 9.97 Å². The molecule has 0 aromatic carbocycles. The highest BCUT2D eigenvalue weighted by Crippen LogP contribution is 2.19. The molecule has 1 saturated heterocycles. The third kappa shape index (κ3) is 4.43. The third-order valence-electron chi connectivity index (χ3n) is 4.42. The molecule has 2 aromatic heterocycles. The second-order valence-electron chi connectivity index (χ2n) is 6.42. The van der Waals surface area contributed by atoms with Crippen molar-refractivity contribution in [3.05, 3.63) is 41.0 Å². The Morgan fingerprint density at radius 1 is 1.27 bits per heavy atom. The van der Waals surface area contributed by atoms with Crippen LogP contribution in [0.25, 0.3) is 0 Å². The number of aromatic nitrogens is 4. The lowest BCUT2D eigenvalue weighted by molar-refractivity contribution is -0.141. The van der Waals surface area contributed by atoms with Crippen molar-refractivity contribution in [1.29, 1.82) is 0 Å². The molecule has 0 amide bonds. The van der Waals surface area contributed by atoms with E-state index in [0.29, 0.717) is 18.2 Å². The second-order valence-corrected chi connectivity index (χ2v) is 6.42. The highest BCUT2D eigenvalue weighted by molar-refractivity contribution is 5.36. The van der Waals surface area contributed by atoms with Gasteiger partial charge in [0.25, 0.3) is 5.56 Å². The summed E-state index contributed by atoms with van der Waals surface area (Å²) in [5.41, 5.74) is -0.158. The van der Waals surface area contributed by atoms with E-state index in [2.05, 4.69) is 15.3 Å². The van der Waals surface area contributed by atoms with Crippen molar-refractivity contribution in [3.63, 3.8) is 0 Å². The smallest absolute Gasteiger partial charge is 0.350 e. The minimum atomic E-state index is -4.28. The Morgan fingerprint density at radius 3 is 2.81 bits per heavy atom. The van der Waals surface area contributed by atoms with Gasteiger partial charge in [0.1, 0.15) is 12.4 Å². The number of halogens is 3. The van der Waals surface area contributed by atoms with Crippen LogP contribution < -0.4 is 15.8 Å². The van der Waals surface area contributed by atoms with Crippen molar-refractivity contribution in [2.24, 2.45) is 7.05 Å². The standard InChI is InChI=1S/C16H21F3N6O/c1-23-7-4-21-14(15(23)26)24-6-2-3-12(10-24)22-9-13-20-5-8-25(13)11-16(17,18)19/h4-5,7-8,12,22H,2-3,6,9-11H2,1H3/t12-/m1/s1. The Kier molecular flexibility index (Phi) is 5.30. The summed E-state index contributed by atoms with van der Waals surface area (Å²) in [7, 11) is 1.67. The maximum Gasteiger partial charge on any atom is 0.406 e. The lowest BCUT2D eigenvalue weighted by Gasteiger charge is -2.33. The number of piperidine rings is 1. The van der Waals surface area contributed by atoms with Gasteiger partial charge in [-0.2, -0.15) is 13.2 Å². The molecular weight excluding hydrogens is 349 g/mol. The van der Waals surface area contributed by atoms with E-state index in [1.807, 2.05) is 4.90 Å². The topological polar surface area (TPSA) is 68.0 Å². The van der Waals surface area contributed by atoms with E-state index >= 15 is 0 Å². The third-order valence-corrected chi connectivity index (χ3v) is 4.42. The van der Waals surface area contributed by atoms with E-state index in [4.69, 9.17) is 0 Å². The first-order valence-corrected chi connectivity index (χ1v) is 8.40. The van der Waals surface area contributed by atoms with Crippen molar-refractivity contribution >= 4 is 5.82 Å². The second kappa shape index (κ2) is 7.48. The molecule has 3 heterocycles. The highest BCUT2D eigenvalue weighted by Gasteiger charge is 2.29. The van der Waals surface area contributed by atoms with E-state index in [0.717, 1.165) is 24.0 Å². The largest absolute Gasteiger partial charge is 0.406 e. The molecular formula is C16H21F3N6O. The van der Waals surface area contributed by atoms with Gasteiger partial charge in [-0.1, -0.05) is 0 Å². The van der Waals surface area contributed by atoms with Crippen molar-refractivity contribution in [3.8, 4) is 0 Å². The minimum absolute atomic E-state index is 0.0477. The zero-order chi connectivity index (χ0) is 18.7. The van der Waals surface area contributed by atoms with Crippen LogP contribution in [0.5, 0.6) is 0 Å². The van der Waals surface area contributed by atoms with Crippen LogP contribution in [0.4, 0.5) is 19.0 Å². The Hall–Kier alpha value is -2.36. The number of nitrogens with zero attached hydrogens (tertiary/aromatic N) is 5. The molecule has 1 N–H and O–H groups in total. The number of alkyl halides is 3. The van der Waals surface area contributed by atoms with Gasteiger partial charge in [0.05, 0.1) is 6.54 Å². The van der Waals surface area contributed by atoms with Crippen molar-refractivity contribution in [2.45, 2.75) is 38.1 Å². The zero-order valence-electron chi connectivity index (χ0n) is 14.4. The molecule has 1 aliphatic heterocycles. The molecule has 10 heteroatoms. The molecule has 142 valence electrons. The molecule has 0 spiro atoms. The fraction of sp³-hybridized carbons (Fsp3) is 0.562. The van der Waals surface area contributed by atoms with Crippen LogP contribution in [-0.4, -0.2) is 44.4 Å². The summed E-state index contributed by atoms with van der Waals surface area (Å²) in [6, 6.07) is 0.0477. The summed E-state index contributed by atoms with van der Waals surface area (Å²) in [5.74, 6) is 0.744. The molecule has 0 aliphatic carbocycles. The molecule has 0 saturated carbocycles. The predicted molar refractivity (Wildman–Crippen MR) is 89.8 cm³/mol. The molecule has 1 atom stereocenters. The molecule has 2 aromatic rings. The van der Waals surface area contributed by atoms with Gasteiger partial charge in [-0.3, -0.25) is 4.79 Å². The summed E-state index contributed by atoms with van der Waals surface area (Å²) in [5, 5.41) is 3.26. The van der Waals surface area contributed by atoms with Crippen LogP contribution in [-0.2, 0) is 20.1 Å². The summed E-state index contributed by atoms with van der Waals surface area (Å²) >= 11 is 0. The lowest BCUT2D eigenvalue weighted by Crippen LogP contribution is -2.48. The summed E-state index contributed by atoms with van der Waals surface area (Å²) in [6.45, 7) is 0.492. The van der Waals surface area contributed by atoms with Crippen molar-refractivity contribution in [1.82, 2.24) is 24.4 Å². The summed E-state index contributed by atoms with van der Waals surface area (Å²) in [6.07, 6.45) is 3.35. The predicted octanol–water partition coefficient (Wildman–Crippen LogP) is 1.30. The maximum absolute atomic E-state index is 12.6. The number of hydrogen-bond donors (Lipinski definition) is 1. The molecule has 1 fully saturated rings.